The topological polar surface area (TPSA) is 92.9 Å². The van der Waals surface area contributed by atoms with Gasteiger partial charge in [0.15, 0.2) is 11.0 Å². The van der Waals surface area contributed by atoms with Crippen LogP contribution in [0.15, 0.2) is 72.0 Å². The standard InChI is InChI=1S/C23H21N5O2S/c1-15-7-5-11-20(16(15)2)28-22(19-10-3-4-12-24-19)26-27-23(28)31-14-21(30)25-17-8-6-9-18(29)13-17/h3-13,29H,14H2,1-2H3,(H,25,30). The third-order valence-corrected chi connectivity index (χ3v) is 5.74. The molecule has 0 spiro atoms. The minimum absolute atomic E-state index is 0.0973. The van der Waals surface area contributed by atoms with Crippen molar-refractivity contribution in [1.29, 1.82) is 0 Å². The molecule has 0 aliphatic carbocycles. The van der Waals surface area contributed by atoms with Crippen LogP contribution in [0.2, 0.25) is 0 Å². The Morgan fingerprint density at radius 1 is 1.06 bits per heavy atom. The number of aromatic nitrogens is 4. The predicted octanol–water partition coefficient (Wildman–Crippen LogP) is 4.38. The van der Waals surface area contributed by atoms with Crippen LogP contribution in [0.4, 0.5) is 5.69 Å². The average Bonchev–Trinajstić information content (AvgIpc) is 3.18. The lowest BCUT2D eigenvalue weighted by atomic mass is 10.1. The van der Waals surface area contributed by atoms with Crippen molar-refractivity contribution in [2.24, 2.45) is 0 Å². The summed E-state index contributed by atoms with van der Waals surface area (Å²) in [5.74, 6) is 0.650. The fourth-order valence-corrected chi connectivity index (χ4v) is 3.88. The number of pyridine rings is 1. The molecule has 0 unspecified atom stereocenters. The summed E-state index contributed by atoms with van der Waals surface area (Å²) >= 11 is 1.29. The molecule has 31 heavy (non-hydrogen) atoms. The van der Waals surface area contributed by atoms with Crippen LogP contribution in [0.25, 0.3) is 17.2 Å². The normalized spacial score (nSPS) is 10.8. The van der Waals surface area contributed by atoms with E-state index in [2.05, 4.69) is 40.4 Å². The molecule has 0 atom stereocenters. The Balaban J connectivity index is 1.64. The molecule has 2 aromatic heterocycles. The molecule has 0 radical (unpaired) electrons. The van der Waals surface area contributed by atoms with E-state index in [9.17, 15) is 9.90 Å². The molecule has 0 aliphatic rings. The first-order chi connectivity index (χ1) is 15.0. The summed E-state index contributed by atoms with van der Waals surface area (Å²) in [7, 11) is 0. The fraction of sp³-hybridized carbons (Fsp3) is 0.130. The Bertz CT molecular complexity index is 1220. The van der Waals surface area contributed by atoms with E-state index in [1.807, 2.05) is 34.9 Å². The van der Waals surface area contributed by atoms with Gasteiger partial charge in [-0.05, 0) is 55.3 Å². The number of phenols is 1. The van der Waals surface area contributed by atoms with Gasteiger partial charge in [-0.1, -0.05) is 36.0 Å². The highest BCUT2D eigenvalue weighted by atomic mass is 32.2. The molecule has 0 fully saturated rings. The SMILES string of the molecule is Cc1cccc(-n2c(SCC(=O)Nc3cccc(O)c3)nnc2-c2ccccn2)c1C. The van der Waals surface area contributed by atoms with Gasteiger partial charge in [0.25, 0.3) is 0 Å². The zero-order valence-corrected chi connectivity index (χ0v) is 17.9. The van der Waals surface area contributed by atoms with E-state index in [0.717, 1.165) is 16.8 Å². The number of hydrogen-bond acceptors (Lipinski definition) is 6. The van der Waals surface area contributed by atoms with Gasteiger partial charge in [-0.3, -0.25) is 14.3 Å². The summed E-state index contributed by atoms with van der Waals surface area (Å²) in [6.07, 6.45) is 1.72. The minimum Gasteiger partial charge on any atom is -0.508 e. The monoisotopic (exact) mass is 431 g/mol. The first-order valence-electron chi connectivity index (χ1n) is 9.68. The third kappa shape index (κ3) is 4.59. The van der Waals surface area contributed by atoms with Crippen molar-refractivity contribution in [2.75, 3.05) is 11.1 Å². The summed E-state index contributed by atoms with van der Waals surface area (Å²) in [5.41, 5.74) is 4.44. The van der Waals surface area contributed by atoms with Gasteiger partial charge >= 0.3 is 0 Å². The third-order valence-electron chi connectivity index (χ3n) is 4.81. The minimum atomic E-state index is -0.203. The molecule has 0 saturated carbocycles. The molecule has 0 aliphatic heterocycles. The number of benzene rings is 2. The van der Waals surface area contributed by atoms with Crippen LogP contribution in [-0.4, -0.2) is 36.5 Å². The number of carbonyl (C=O) groups is 1. The number of aryl methyl sites for hydroxylation is 1. The summed E-state index contributed by atoms with van der Waals surface area (Å²) in [6.45, 7) is 4.11. The smallest absolute Gasteiger partial charge is 0.234 e. The van der Waals surface area contributed by atoms with Gasteiger partial charge < -0.3 is 10.4 Å². The van der Waals surface area contributed by atoms with E-state index in [4.69, 9.17) is 0 Å². The molecule has 4 rings (SSSR count). The molecule has 8 heteroatoms. The lowest BCUT2D eigenvalue weighted by Crippen LogP contribution is -2.14. The van der Waals surface area contributed by atoms with Gasteiger partial charge in [0.2, 0.25) is 5.91 Å². The van der Waals surface area contributed by atoms with Crippen LogP contribution in [0, 0.1) is 13.8 Å². The number of thioether (sulfide) groups is 1. The molecule has 4 aromatic rings. The lowest BCUT2D eigenvalue weighted by molar-refractivity contribution is -0.113. The maximum atomic E-state index is 12.5. The molecule has 0 bridgehead atoms. The number of rotatable bonds is 6. The molecule has 0 saturated heterocycles. The van der Waals surface area contributed by atoms with E-state index < -0.39 is 0 Å². The summed E-state index contributed by atoms with van der Waals surface area (Å²) in [5, 5.41) is 21.7. The summed E-state index contributed by atoms with van der Waals surface area (Å²) < 4.78 is 1.94. The molecule has 2 heterocycles. The molecular formula is C23H21N5O2S. The quantitative estimate of drug-likeness (QED) is 0.440. The van der Waals surface area contributed by atoms with Crippen LogP contribution in [0.5, 0.6) is 5.75 Å². The van der Waals surface area contributed by atoms with Crippen LogP contribution in [-0.2, 0) is 4.79 Å². The van der Waals surface area contributed by atoms with E-state index in [1.165, 1.54) is 17.8 Å². The number of anilines is 1. The van der Waals surface area contributed by atoms with Gasteiger partial charge in [-0.15, -0.1) is 10.2 Å². The van der Waals surface area contributed by atoms with Gasteiger partial charge in [0.1, 0.15) is 11.4 Å². The number of phenolic OH excluding ortho intramolecular Hbond substituents is 1. The lowest BCUT2D eigenvalue weighted by Gasteiger charge is -2.14. The first-order valence-corrected chi connectivity index (χ1v) is 10.7. The molecule has 2 aromatic carbocycles. The van der Waals surface area contributed by atoms with Crippen molar-refractivity contribution in [3.63, 3.8) is 0 Å². The second-order valence-corrected chi connectivity index (χ2v) is 7.91. The Morgan fingerprint density at radius 3 is 2.68 bits per heavy atom. The van der Waals surface area contributed by atoms with Crippen LogP contribution >= 0.6 is 11.8 Å². The van der Waals surface area contributed by atoms with Crippen molar-refractivity contribution >= 4 is 23.4 Å². The Morgan fingerprint density at radius 2 is 1.90 bits per heavy atom. The predicted molar refractivity (Wildman–Crippen MR) is 122 cm³/mol. The fourth-order valence-electron chi connectivity index (χ4n) is 3.13. The molecular weight excluding hydrogens is 410 g/mol. The highest BCUT2D eigenvalue weighted by Crippen LogP contribution is 2.29. The highest BCUT2D eigenvalue weighted by Gasteiger charge is 2.19. The molecule has 1 amide bonds. The van der Waals surface area contributed by atoms with Gasteiger partial charge in [-0.2, -0.15) is 0 Å². The number of nitrogens with one attached hydrogen (secondary N) is 1. The van der Waals surface area contributed by atoms with Crippen LogP contribution in [0.3, 0.4) is 0 Å². The van der Waals surface area contributed by atoms with Crippen LogP contribution in [0.1, 0.15) is 11.1 Å². The van der Waals surface area contributed by atoms with E-state index in [0.29, 0.717) is 22.4 Å². The molecule has 7 nitrogen and oxygen atoms in total. The number of aromatic hydroxyl groups is 1. The van der Waals surface area contributed by atoms with Crippen molar-refractivity contribution in [3.05, 3.63) is 78.0 Å². The molecule has 2 N–H and O–H groups in total. The van der Waals surface area contributed by atoms with Crippen molar-refractivity contribution < 1.29 is 9.90 Å². The number of hydrogen-bond donors (Lipinski definition) is 2. The summed E-state index contributed by atoms with van der Waals surface area (Å²) in [6, 6.07) is 18.1. The van der Waals surface area contributed by atoms with Crippen molar-refractivity contribution in [3.8, 4) is 23.0 Å². The largest absolute Gasteiger partial charge is 0.508 e. The van der Waals surface area contributed by atoms with E-state index >= 15 is 0 Å². The van der Waals surface area contributed by atoms with Gasteiger partial charge in [-0.25, -0.2) is 0 Å². The second kappa shape index (κ2) is 9.01. The first kappa shape index (κ1) is 20.6. The Labute approximate surface area is 184 Å². The Hall–Kier alpha value is -3.65. The van der Waals surface area contributed by atoms with Crippen LogP contribution < -0.4 is 5.32 Å². The Kier molecular flexibility index (Phi) is 5.99. The number of nitrogens with zero attached hydrogens (tertiary/aromatic N) is 4. The zero-order chi connectivity index (χ0) is 21.8. The van der Waals surface area contributed by atoms with E-state index in [1.54, 1.807) is 24.4 Å². The maximum absolute atomic E-state index is 12.5. The van der Waals surface area contributed by atoms with Gasteiger partial charge in [0, 0.05) is 18.0 Å². The van der Waals surface area contributed by atoms with Crippen molar-refractivity contribution in [2.45, 2.75) is 19.0 Å². The number of carbonyl (C=O) groups excluding carboxylic acids is 1. The maximum Gasteiger partial charge on any atom is 0.234 e. The zero-order valence-electron chi connectivity index (χ0n) is 17.1. The average molecular weight is 432 g/mol. The van der Waals surface area contributed by atoms with E-state index in [-0.39, 0.29) is 17.4 Å². The second-order valence-electron chi connectivity index (χ2n) is 6.96. The molecule has 156 valence electrons. The highest BCUT2D eigenvalue weighted by molar-refractivity contribution is 7.99. The van der Waals surface area contributed by atoms with Crippen molar-refractivity contribution in [1.82, 2.24) is 19.7 Å². The van der Waals surface area contributed by atoms with Gasteiger partial charge in [0.05, 0.1) is 11.4 Å². The summed E-state index contributed by atoms with van der Waals surface area (Å²) in [4.78, 5) is 16.9. The number of amides is 1.